The van der Waals surface area contributed by atoms with E-state index in [0.717, 1.165) is 41.8 Å². The van der Waals surface area contributed by atoms with Crippen molar-refractivity contribution in [3.05, 3.63) is 58.9 Å². The Morgan fingerprint density at radius 3 is 2.71 bits per heavy atom. The highest BCUT2D eigenvalue weighted by Crippen LogP contribution is 2.45. The maximum atomic E-state index is 13.3. The molecule has 1 aliphatic carbocycles. The topological polar surface area (TPSA) is 82.5 Å². The molecule has 2 amide bonds. The van der Waals surface area contributed by atoms with Gasteiger partial charge in [0, 0.05) is 17.8 Å². The van der Waals surface area contributed by atoms with Gasteiger partial charge in [-0.3, -0.25) is 19.8 Å². The number of hydroxylamine groups is 1. The zero-order chi connectivity index (χ0) is 19.9. The van der Waals surface area contributed by atoms with E-state index < -0.39 is 5.91 Å². The quantitative estimate of drug-likeness (QED) is 0.634. The van der Waals surface area contributed by atoms with Gasteiger partial charge in [0.1, 0.15) is 0 Å². The number of nitrogens with one attached hydrogen (secondary N) is 1. The van der Waals surface area contributed by atoms with Gasteiger partial charge in [0.25, 0.3) is 5.91 Å². The van der Waals surface area contributed by atoms with Gasteiger partial charge in [-0.05, 0) is 67.0 Å². The molecule has 2 aliphatic rings. The maximum Gasteiger partial charge on any atom is 0.274 e. The van der Waals surface area contributed by atoms with E-state index in [1.165, 1.54) is 0 Å². The summed E-state index contributed by atoms with van der Waals surface area (Å²) in [5.74, 6) is 0.0281. The first-order valence-corrected chi connectivity index (χ1v) is 9.78. The summed E-state index contributed by atoms with van der Waals surface area (Å²) in [6.45, 7) is 4.92. The molecule has 4 rings (SSSR count). The van der Waals surface area contributed by atoms with Gasteiger partial charge in [0.05, 0.1) is 17.3 Å². The fraction of sp³-hybridized carbons (Fsp3) is 0.409. The van der Waals surface area contributed by atoms with Gasteiger partial charge in [0.2, 0.25) is 5.91 Å². The van der Waals surface area contributed by atoms with Gasteiger partial charge >= 0.3 is 0 Å². The first-order valence-electron chi connectivity index (χ1n) is 9.78. The third kappa shape index (κ3) is 3.07. The molecule has 1 atom stereocenters. The number of hydrogen-bond acceptors (Lipinski definition) is 4. The lowest BCUT2D eigenvalue weighted by Gasteiger charge is -2.33. The van der Waals surface area contributed by atoms with Gasteiger partial charge in [-0.2, -0.15) is 0 Å². The highest BCUT2D eigenvalue weighted by molar-refractivity contribution is 6.00. The van der Waals surface area contributed by atoms with Crippen molar-refractivity contribution in [1.29, 1.82) is 0 Å². The summed E-state index contributed by atoms with van der Waals surface area (Å²) in [6.07, 6.45) is 4.86. The Labute approximate surface area is 164 Å². The lowest BCUT2D eigenvalue weighted by atomic mass is 9.70. The summed E-state index contributed by atoms with van der Waals surface area (Å²) >= 11 is 0. The third-order valence-electron chi connectivity index (χ3n) is 6.16. The third-order valence-corrected chi connectivity index (χ3v) is 6.16. The van der Waals surface area contributed by atoms with E-state index >= 15 is 0 Å². The average Bonchev–Trinajstić information content (AvgIpc) is 3.02. The highest BCUT2D eigenvalue weighted by Gasteiger charge is 2.48. The van der Waals surface area contributed by atoms with Crippen LogP contribution in [0.15, 0.2) is 36.5 Å². The molecule has 2 aromatic rings. The minimum absolute atomic E-state index is 0.175. The molecule has 1 spiro atoms. The number of carbonyl (C=O) groups is 2. The van der Waals surface area contributed by atoms with E-state index in [9.17, 15) is 9.59 Å². The minimum atomic E-state index is -0.511. The zero-order valence-electron chi connectivity index (χ0n) is 16.2. The second-order valence-corrected chi connectivity index (χ2v) is 8.18. The summed E-state index contributed by atoms with van der Waals surface area (Å²) in [5, 5.41) is 8.82. The van der Waals surface area contributed by atoms with Crippen LogP contribution >= 0.6 is 0 Å². The van der Waals surface area contributed by atoms with E-state index in [1.807, 2.05) is 35.4 Å². The molecule has 1 saturated heterocycles. The van der Waals surface area contributed by atoms with Gasteiger partial charge in [-0.1, -0.05) is 19.9 Å². The van der Waals surface area contributed by atoms with Gasteiger partial charge in [0.15, 0.2) is 0 Å². The molecule has 28 heavy (non-hydrogen) atoms. The van der Waals surface area contributed by atoms with Gasteiger partial charge in [-0.25, -0.2) is 5.48 Å². The molecule has 1 aromatic carbocycles. The number of rotatable bonds is 3. The number of fused-ring (bicyclic) bond motifs is 1. The number of hydrogen-bond donors (Lipinski definition) is 2. The first-order chi connectivity index (χ1) is 13.4. The molecule has 2 heterocycles. The molecule has 2 N–H and O–H groups in total. The van der Waals surface area contributed by atoms with Crippen LogP contribution in [0.1, 0.15) is 59.8 Å². The number of carbonyl (C=O) groups excluding carboxylic acids is 2. The first kappa shape index (κ1) is 18.6. The van der Waals surface area contributed by atoms with Crippen LogP contribution in [-0.4, -0.2) is 28.6 Å². The predicted octanol–water partition coefficient (Wildman–Crippen LogP) is 3.24. The van der Waals surface area contributed by atoms with Crippen LogP contribution in [0, 0.1) is 5.41 Å². The monoisotopic (exact) mass is 379 g/mol. The zero-order valence-corrected chi connectivity index (χ0v) is 16.2. The Morgan fingerprint density at radius 2 is 2.04 bits per heavy atom. The molecule has 146 valence electrons. The molecular weight excluding hydrogens is 354 g/mol. The van der Waals surface area contributed by atoms with Crippen LogP contribution in [0.2, 0.25) is 0 Å². The van der Waals surface area contributed by atoms with Crippen molar-refractivity contribution in [2.45, 2.75) is 45.4 Å². The maximum absolute atomic E-state index is 13.3. The van der Waals surface area contributed by atoms with Crippen LogP contribution in [0.4, 0.5) is 5.69 Å². The molecule has 0 unspecified atom stereocenters. The Kier molecular flexibility index (Phi) is 4.67. The molecule has 1 aromatic heterocycles. The van der Waals surface area contributed by atoms with Crippen molar-refractivity contribution in [2.75, 3.05) is 11.4 Å². The molecule has 0 bridgehead atoms. The summed E-state index contributed by atoms with van der Waals surface area (Å²) in [6, 6.07) is 9.43. The van der Waals surface area contributed by atoms with Crippen LogP contribution in [0.25, 0.3) is 0 Å². The molecule has 6 heteroatoms. The van der Waals surface area contributed by atoms with Crippen molar-refractivity contribution in [2.24, 2.45) is 5.41 Å². The van der Waals surface area contributed by atoms with Crippen molar-refractivity contribution >= 4 is 17.5 Å². The Hall–Kier alpha value is -2.73. The Morgan fingerprint density at radius 1 is 1.21 bits per heavy atom. The summed E-state index contributed by atoms with van der Waals surface area (Å²) in [5.41, 5.74) is 5.83. The predicted molar refractivity (Wildman–Crippen MR) is 105 cm³/mol. The number of pyridine rings is 1. The number of amides is 2. The van der Waals surface area contributed by atoms with Gasteiger partial charge in [-0.15, -0.1) is 0 Å². The average molecular weight is 379 g/mol. The highest BCUT2D eigenvalue weighted by atomic mass is 16.5. The molecule has 0 radical (unpaired) electrons. The molecule has 6 nitrogen and oxygen atoms in total. The molecule has 1 aliphatic heterocycles. The summed E-state index contributed by atoms with van der Waals surface area (Å²) in [7, 11) is 0. The minimum Gasteiger partial charge on any atom is -0.310 e. The van der Waals surface area contributed by atoms with E-state index in [-0.39, 0.29) is 11.3 Å². The number of aromatic nitrogens is 1. The fourth-order valence-corrected chi connectivity index (χ4v) is 4.43. The van der Waals surface area contributed by atoms with Crippen molar-refractivity contribution in [3.8, 4) is 0 Å². The SMILES string of the molecule is CC(C)c1ccc(N2CC[C@@]3(CCc4cc(C(=O)NO)ccc4C3)C2=O)cn1. The number of nitrogens with zero attached hydrogens (tertiary/aromatic N) is 2. The standard InChI is InChI=1S/C22H25N3O3/c1-14(2)19-6-5-18(13-23-19)25-10-9-22(21(25)27)8-7-15-11-16(20(26)24-28)3-4-17(15)12-22/h3-6,11,13-14,28H,7-10,12H2,1-2H3,(H,24,26)/t22-/m1/s1. The van der Waals surface area contributed by atoms with Crippen molar-refractivity contribution in [3.63, 3.8) is 0 Å². The lowest BCUT2D eigenvalue weighted by Crippen LogP contribution is -2.39. The number of aryl methyl sites for hydroxylation is 1. The van der Waals surface area contributed by atoms with E-state index in [0.29, 0.717) is 24.4 Å². The van der Waals surface area contributed by atoms with E-state index in [4.69, 9.17) is 5.21 Å². The summed E-state index contributed by atoms with van der Waals surface area (Å²) in [4.78, 5) is 31.4. The lowest BCUT2D eigenvalue weighted by molar-refractivity contribution is -0.126. The summed E-state index contributed by atoms with van der Waals surface area (Å²) < 4.78 is 0. The van der Waals surface area contributed by atoms with Crippen LogP contribution < -0.4 is 10.4 Å². The van der Waals surface area contributed by atoms with E-state index in [2.05, 4.69) is 18.8 Å². The van der Waals surface area contributed by atoms with E-state index in [1.54, 1.807) is 11.5 Å². The largest absolute Gasteiger partial charge is 0.310 e. The molecular formula is C22H25N3O3. The second kappa shape index (κ2) is 7.02. The normalized spacial score (nSPS) is 21.3. The molecule has 0 saturated carbocycles. The number of anilines is 1. The van der Waals surface area contributed by atoms with Crippen LogP contribution in [0.3, 0.4) is 0 Å². The Balaban J connectivity index is 1.55. The van der Waals surface area contributed by atoms with Crippen LogP contribution in [0.5, 0.6) is 0 Å². The second-order valence-electron chi connectivity index (χ2n) is 8.18. The van der Waals surface area contributed by atoms with Crippen molar-refractivity contribution in [1.82, 2.24) is 10.5 Å². The fourth-order valence-electron chi connectivity index (χ4n) is 4.43. The van der Waals surface area contributed by atoms with Crippen LogP contribution in [-0.2, 0) is 17.6 Å². The molecule has 1 fully saturated rings. The van der Waals surface area contributed by atoms with Crippen molar-refractivity contribution < 1.29 is 14.8 Å². The Bertz CT molecular complexity index is 923. The van der Waals surface area contributed by atoms with Gasteiger partial charge < -0.3 is 4.90 Å². The number of benzene rings is 1. The smallest absolute Gasteiger partial charge is 0.274 e.